The fourth-order valence-electron chi connectivity index (χ4n) is 5.72. The number of nitrogen functional groups attached to an aromatic ring is 1. The molecule has 3 aliphatic heterocycles. The Morgan fingerprint density at radius 1 is 1.10 bits per heavy atom. The summed E-state index contributed by atoms with van der Waals surface area (Å²) < 4.78 is 31.4. The third-order valence-corrected chi connectivity index (χ3v) is 7.49. The zero-order chi connectivity index (χ0) is 27.0. The number of ether oxygens (including phenoxy) is 1. The second kappa shape index (κ2) is 10.3. The molecule has 6 rings (SSSR count). The smallest absolute Gasteiger partial charge is 0.368 e. The van der Waals surface area contributed by atoms with E-state index in [1.165, 1.54) is 0 Å². The Bertz CT molecular complexity index is 1410. The Kier molecular flexibility index (Phi) is 6.66. The summed E-state index contributed by atoms with van der Waals surface area (Å²) in [6, 6.07) is 13.4. The number of phenolic OH excluding ortho intramolecular Hbond substituents is 1. The van der Waals surface area contributed by atoms with Gasteiger partial charge >= 0.3 is 6.11 Å². The molecule has 2 atom stereocenters. The van der Waals surface area contributed by atoms with E-state index >= 15 is 0 Å². The van der Waals surface area contributed by atoms with Gasteiger partial charge in [-0.3, -0.25) is 4.90 Å². The van der Waals surface area contributed by atoms with Gasteiger partial charge in [0.15, 0.2) is 5.82 Å². The minimum absolute atomic E-state index is 0.00554. The number of halogens is 2. The number of rotatable bonds is 4. The summed E-state index contributed by atoms with van der Waals surface area (Å²) in [4.78, 5) is 10.7. The predicted molar refractivity (Wildman–Crippen MR) is 144 cm³/mol. The molecule has 1 aromatic carbocycles. The number of nitrogens with two attached hydrogens (primary N) is 1. The molecule has 3 fully saturated rings. The molecule has 3 aromatic rings. The van der Waals surface area contributed by atoms with E-state index in [-0.39, 0.29) is 31.0 Å². The molecule has 3 aliphatic rings. The van der Waals surface area contributed by atoms with Crippen molar-refractivity contribution in [2.24, 2.45) is 0 Å². The number of hydrogen-bond donors (Lipinski definition) is 2. The molecule has 3 saturated heterocycles. The maximum absolute atomic E-state index is 13.5. The number of aromatic nitrogens is 3. The number of hydrogen-bond acceptors (Lipinski definition) is 9. The molecular formula is C28H29F2N7O2. The molecule has 11 heteroatoms. The number of morpholine rings is 1. The van der Waals surface area contributed by atoms with Gasteiger partial charge in [-0.05, 0) is 49.1 Å². The lowest BCUT2D eigenvalue weighted by Crippen LogP contribution is -2.54. The summed E-state index contributed by atoms with van der Waals surface area (Å²) in [5.74, 6) is 6.54. The van der Waals surface area contributed by atoms with Crippen LogP contribution in [0.15, 0.2) is 48.7 Å². The first-order chi connectivity index (χ1) is 18.9. The molecule has 5 heterocycles. The van der Waals surface area contributed by atoms with Gasteiger partial charge in [0.05, 0.1) is 31.1 Å². The van der Waals surface area contributed by atoms with Gasteiger partial charge in [-0.2, -0.15) is 8.78 Å². The number of para-hydroxylation sites is 1. The van der Waals surface area contributed by atoms with E-state index in [9.17, 15) is 13.9 Å². The van der Waals surface area contributed by atoms with Crippen LogP contribution in [-0.4, -0.2) is 82.7 Å². The Balaban J connectivity index is 1.17. The topological polar surface area (TPSA) is 104 Å². The van der Waals surface area contributed by atoms with E-state index in [2.05, 4.69) is 41.6 Å². The molecule has 2 bridgehead atoms. The fourth-order valence-corrected chi connectivity index (χ4v) is 5.72. The summed E-state index contributed by atoms with van der Waals surface area (Å²) in [5.41, 5.74) is 9.93. The van der Waals surface area contributed by atoms with Crippen LogP contribution in [0.3, 0.4) is 0 Å². The lowest BCUT2D eigenvalue weighted by molar-refractivity contribution is -0.268. The summed E-state index contributed by atoms with van der Waals surface area (Å²) in [6.45, 7) is 1.74. The SMILES string of the molecule is Nc1nnc(-c2ccccc2O)cc1N1CC2CCC(C1)N2c1ccnc(C#CCN2CCOC(F)(F)C2)c1. The van der Waals surface area contributed by atoms with Crippen molar-refractivity contribution in [2.75, 3.05) is 54.9 Å². The van der Waals surface area contributed by atoms with Crippen molar-refractivity contribution in [3.05, 3.63) is 54.4 Å². The van der Waals surface area contributed by atoms with Gasteiger partial charge in [-0.25, -0.2) is 4.98 Å². The number of phenols is 1. The number of piperazine rings is 1. The summed E-state index contributed by atoms with van der Waals surface area (Å²) in [5, 5.41) is 18.7. The third kappa shape index (κ3) is 5.30. The second-order valence-corrected chi connectivity index (χ2v) is 10.1. The van der Waals surface area contributed by atoms with Crippen LogP contribution in [-0.2, 0) is 4.74 Å². The summed E-state index contributed by atoms with van der Waals surface area (Å²) in [7, 11) is 0. The zero-order valence-electron chi connectivity index (χ0n) is 21.3. The molecule has 0 spiro atoms. The van der Waals surface area contributed by atoms with Crippen molar-refractivity contribution in [2.45, 2.75) is 31.0 Å². The first-order valence-electron chi connectivity index (χ1n) is 13.0. The van der Waals surface area contributed by atoms with E-state index in [0.717, 1.165) is 37.3 Å². The highest BCUT2D eigenvalue weighted by Gasteiger charge is 2.41. The van der Waals surface area contributed by atoms with Crippen molar-refractivity contribution < 1.29 is 18.6 Å². The molecule has 3 N–H and O–H groups in total. The van der Waals surface area contributed by atoms with Crippen LogP contribution in [0.2, 0.25) is 0 Å². The van der Waals surface area contributed by atoms with Crippen molar-refractivity contribution in [3.8, 4) is 28.8 Å². The number of benzene rings is 1. The predicted octanol–water partition coefficient (Wildman–Crippen LogP) is 2.96. The third-order valence-electron chi connectivity index (χ3n) is 7.49. The maximum Gasteiger partial charge on any atom is 0.368 e. The molecule has 0 amide bonds. The van der Waals surface area contributed by atoms with Crippen LogP contribution in [0.4, 0.5) is 26.0 Å². The first kappa shape index (κ1) is 25.3. The van der Waals surface area contributed by atoms with Crippen LogP contribution in [0.25, 0.3) is 11.3 Å². The van der Waals surface area contributed by atoms with Crippen LogP contribution >= 0.6 is 0 Å². The van der Waals surface area contributed by atoms with E-state index in [1.54, 1.807) is 29.3 Å². The molecule has 2 aromatic heterocycles. The van der Waals surface area contributed by atoms with Gasteiger partial charge in [0.2, 0.25) is 0 Å². The van der Waals surface area contributed by atoms with Gasteiger partial charge in [0.1, 0.15) is 11.4 Å². The van der Waals surface area contributed by atoms with E-state index in [0.29, 0.717) is 29.3 Å². The lowest BCUT2D eigenvalue weighted by atomic mass is 10.1. The second-order valence-electron chi connectivity index (χ2n) is 10.1. The number of pyridine rings is 1. The largest absolute Gasteiger partial charge is 0.507 e. The number of fused-ring (bicyclic) bond motifs is 2. The van der Waals surface area contributed by atoms with E-state index in [4.69, 9.17) is 5.73 Å². The number of nitrogens with zero attached hydrogens (tertiary/aromatic N) is 6. The summed E-state index contributed by atoms with van der Waals surface area (Å²) >= 11 is 0. The zero-order valence-corrected chi connectivity index (χ0v) is 21.3. The Morgan fingerprint density at radius 3 is 2.67 bits per heavy atom. The number of alkyl halides is 2. The molecule has 0 saturated carbocycles. The van der Waals surface area contributed by atoms with E-state index < -0.39 is 12.7 Å². The fraction of sp³-hybridized carbons (Fsp3) is 0.393. The molecule has 9 nitrogen and oxygen atoms in total. The van der Waals surface area contributed by atoms with Gasteiger partial charge < -0.3 is 25.4 Å². The van der Waals surface area contributed by atoms with Gasteiger partial charge in [0, 0.05) is 49.2 Å². The average Bonchev–Trinajstić information content (AvgIpc) is 3.18. The van der Waals surface area contributed by atoms with Crippen LogP contribution in [0, 0.1) is 11.8 Å². The minimum atomic E-state index is -3.12. The van der Waals surface area contributed by atoms with Gasteiger partial charge in [0.25, 0.3) is 0 Å². The Morgan fingerprint density at radius 2 is 1.90 bits per heavy atom. The first-order valence-corrected chi connectivity index (χ1v) is 13.0. The molecule has 202 valence electrons. The minimum Gasteiger partial charge on any atom is -0.507 e. The van der Waals surface area contributed by atoms with Crippen LogP contribution in [0.5, 0.6) is 5.75 Å². The summed E-state index contributed by atoms with van der Waals surface area (Å²) in [6.07, 6.45) is 0.708. The van der Waals surface area contributed by atoms with Crippen molar-refractivity contribution in [1.29, 1.82) is 0 Å². The number of aromatic hydroxyl groups is 1. The van der Waals surface area contributed by atoms with E-state index in [1.807, 2.05) is 24.3 Å². The lowest BCUT2D eigenvalue weighted by Gasteiger charge is -2.43. The average molecular weight is 534 g/mol. The highest BCUT2D eigenvalue weighted by Crippen LogP contribution is 2.39. The van der Waals surface area contributed by atoms with Gasteiger partial charge in [-0.15, -0.1) is 10.2 Å². The number of anilines is 3. The molecule has 0 radical (unpaired) electrons. The Labute approximate surface area is 225 Å². The monoisotopic (exact) mass is 533 g/mol. The normalized spacial score (nSPS) is 22.4. The van der Waals surface area contributed by atoms with Crippen LogP contribution < -0.4 is 15.5 Å². The quantitative estimate of drug-likeness (QED) is 0.490. The van der Waals surface area contributed by atoms with Crippen molar-refractivity contribution in [1.82, 2.24) is 20.1 Å². The van der Waals surface area contributed by atoms with Crippen molar-refractivity contribution >= 4 is 17.2 Å². The highest BCUT2D eigenvalue weighted by atomic mass is 19.3. The standard InChI is InChI=1S/C28H29F2N7O2/c29-28(30)18-35(12-13-39-28)11-3-4-19-14-20(9-10-32-19)37-21-7-8-22(37)17-36(16-21)25-15-24(33-34-27(25)31)23-5-1-2-6-26(23)38/h1-2,5-6,9-10,14-15,21-22,38H,7-8,11-13,16-18H2,(H2,31,34). The molecule has 39 heavy (non-hydrogen) atoms. The molecule has 0 aliphatic carbocycles. The van der Waals surface area contributed by atoms with Gasteiger partial charge in [-0.1, -0.05) is 18.1 Å². The Hall–Kier alpha value is -4.01. The van der Waals surface area contributed by atoms with Crippen LogP contribution in [0.1, 0.15) is 18.5 Å². The molecular weight excluding hydrogens is 504 g/mol. The maximum atomic E-state index is 13.5. The molecule has 2 unspecified atom stereocenters. The van der Waals surface area contributed by atoms with Crippen molar-refractivity contribution in [3.63, 3.8) is 0 Å². The highest BCUT2D eigenvalue weighted by molar-refractivity contribution is 5.74.